The molecule has 0 saturated carbocycles. The molecular weight excluding hydrogens is 366 g/mol. The van der Waals surface area contributed by atoms with E-state index in [1.54, 1.807) is 23.9 Å². The molecule has 0 aliphatic carbocycles. The summed E-state index contributed by atoms with van der Waals surface area (Å²) in [5.74, 6) is 1.56. The number of urea groups is 1. The molecule has 3 rings (SSSR count). The summed E-state index contributed by atoms with van der Waals surface area (Å²) >= 11 is 0. The molecule has 2 aromatic carbocycles. The lowest BCUT2D eigenvalue weighted by atomic mass is 9.95. The van der Waals surface area contributed by atoms with Gasteiger partial charge in [-0.3, -0.25) is 4.79 Å². The zero-order valence-corrected chi connectivity index (χ0v) is 17.3. The van der Waals surface area contributed by atoms with E-state index in [4.69, 9.17) is 4.74 Å². The number of nitrogens with one attached hydrogen (secondary N) is 1. The second-order valence-electron chi connectivity index (χ2n) is 7.65. The predicted molar refractivity (Wildman–Crippen MR) is 113 cm³/mol. The number of hydrogen-bond acceptors (Lipinski definition) is 3. The molecule has 3 amide bonds. The first-order valence-electron chi connectivity index (χ1n) is 10.0. The van der Waals surface area contributed by atoms with Crippen LogP contribution in [0.2, 0.25) is 0 Å². The van der Waals surface area contributed by atoms with Gasteiger partial charge in [0.1, 0.15) is 11.5 Å². The van der Waals surface area contributed by atoms with Crippen molar-refractivity contribution >= 4 is 11.9 Å². The van der Waals surface area contributed by atoms with Crippen LogP contribution < -0.4 is 10.1 Å². The minimum Gasteiger partial charge on any atom is -0.457 e. The number of benzene rings is 2. The maximum Gasteiger partial charge on any atom is 0.319 e. The fourth-order valence-electron chi connectivity index (χ4n) is 3.48. The van der Waals surface area contributed by atoms with Crippen LogP contribution in [0.25, 0.3) is 0 Å². The van der Waals surface area contributed by atoms with Gasteiger partial charge in [0.15, 0.2) is 0 Å². The van der Waals surface area contributed by atoms with E-state index in [1.807, 2.05) is 61.5 Å². The lowest BCUT2D eigenvalue weighted by Crippen LogP contribution is -2.46. The topological polar surface area (TPSA) is 61.9 Å². The van der Waals surface area contributed by atoms with Crippen molar-refractivity contribution < 1.29 is 14.3 Å². The molecule has 1 saturated heterocycles. The highest BCUT2D eigenvalue weighted by Crippen LogP contribution is 2.24. The summed E-state index contributed by atoms with van der Waals surface area (Å²) in [5.41, 5.74) is 1.03. The first-order chi connectivity index (χ1) is 13.9. The Bertz CT molecular complexity index is 813. The van der Waals surface area contributed by atoms with Crippen molar-refractivity contribution in [3.05, 3.63) is 60.2 Å². The quantitative estimate of drug-likeness (QED) is 0.831. The molecule has 6 heteroatoms. The molecule has 154 valence electrons. The number of para-hydroxylation sites is 1. The summed E-state index contributed by atoms with van der Waals surface area (Å²) in [6, 6.07) is 17.3. The number of carbonyl (C=O) groups is 2. The Balaban J connectivity index is 1.50. The second kappa shape index (κ2) is 9.45. The Morgan fingerprint density at radius 2 is 1.59 bits per heavy atom. The van der Waals surface area contributed by atoms with Crippen LogP contribution in [0.5, 0.6) is 11.5 Å². The summed E-state index contributed by atoms with van der Waals surface area (Å²) in [5, 5.41) is 3.11. The number of rotatable bonds is 5. The number of likely N-dealkylation sites (tertiary alicyclic amines) is 1. The van der Waals surface area contributed by atoms with Crippen LogP contribution in [0.15, 0.2) is 54.6 Å². The summed E-state index contributed by atoms with van der Waals surface area (Å²) in [6.45, 7) is 3.22. The summed E-state index contributed by atoms with van der Waals surface area (Å²) < 4.78 is 5.81. The smallest absolute Gasteiger partial charge is 0.319 e. The molecule has 0 radical (unpaired) electrons. The van der Waals surface area contributed by atoms with Gasteiger partial charge in [-0.2, -0.15) is 0 Å². The Morgan fingerprint density at radius 1 is 1.00 bits per heavy atom. The highest BCUT2D eigenvalue weighted by Gasteiger charge is 2.28. The normalized spacial score (nSPS) is 15.5. The SMILES string of the molecule is CC(NC(=O)C1CCN(C(=O)N(C)C)CC1)c1ccc(Oc2ccccc2)cc1. The Morgan fingerprint density at radius 3 is 2.17 bits per heavy atom. The molecule has 0 bridgehead atoms. The van der Waals surface area contributed by atoms with Gasteiger partial charge in [0.05, 0.1) is 6.04 Å². The molecule has 2 aromatic rings. The molecule has 0 aromatic heterocycles. The summed E-state index contributed by atoms with van der Waals surface area (Å²) in [6.07, 6.45) is 1.39. The van der Waals surface area contributed by atoms with Crippen LogP contribution in [-0.2, 0) is 4.79 Å². The number of ether oxygens (including phenoxy) is 1. The van der Waals surface area contributed by atoms with Crippen molar-refractivity contribution in [2.75, 3.05) is 27.2 Å². The van der Waals surface area contributed by atoms with E-state index in [0.717, 1.165) is 17.1 Å². The molecule has 1 unspecified atom stereocenters. The Labute approximate surface area is 172 Å². The van der Waals surface area contributed by atoms with E-state index in [1.165, 1.54) is 0 Å². The first kappa shape index (κ1) is 20.7. The molecular formula is C23H29N3O3. The van der Waals surface area contributed by atoms with Crippen LogP contribution in [0.3, 0.4) is 0 Å². The van der Waals surface area contributed by atoms with Crippen molar-refractivity contribution in [3.8, 4) is 11.5 Å². The zero-order chi connectivity index (χ0) is 20.8. The van der Waals surface area contributed by atoms with Gasteiger partial charge in [-0.15, -0.1) is 0 Å². The van der Waals surface area contributed by atoms with Gasteiger partial charge in [0.25, 0.3) is 0 Å². The van der Waals surface area contributed by atoms with Crippen molar-refractivity contribution in [3.63, 3.8) is 0 Å². The van der Waals surface area contributed by atoms with E-state index in [-0.39, 0.29) is 23.9 Å². The summed E-state index contributed by atoms with van der Waals surface area (Å²) in [4.78, 5) is 28.1. The Kier molecular flexibility index (Phi) is 6.75. The standard InChI is InChI=1S/C23H29N3O3/c1-17(18-9-11-21(12-10-18)29-20-7-5-4-6-8-20)24-22(27)19-13-15-26(16-14-19)23(28)25(2)3/h4-12,17,19H,13-16H2,1-3H3,(H,24,27). The van der Waals surface area contributed by atoms with E-state index >= 15 is 0 Å². The number of carbonyl (C=O) groups excluding carboxylic acids is 2. The highest BCUT2D eigenvalue weighted by atomic mass is 16.5. The van der Waals surface area contributed by atoms with Crippen molar-refractivity contribution in [1.29, 1.82) is 0 Å². The van der Waals surface area contributed by atoms with Crippen LogP contribution in [0, 0.1) is 5.92 Å². The van der Waals surface area contributed by atoms with Gasteiger partial charge in [0, 0.05) is 33.1 Å². The molecule has 0 spiro atoms. The molecule has 6 nitrogen and oxygen atoms in total. The first-order valence-corrected chi connectivity index (χ1v) is 10.0. The molecule has 1 N–H and O–H groups in total. The van der Waals surface area contributed by atoms with E-state index in [2.05, 4.69) is 5.32 Å². The van der Waals surface area contributed by atoms with Crippen molar-refractivity contribution in [1.82, 2.24) is 15.1 Å². The van der Waals surface area contributed by atoms with Crippen molar-refractivity contribution in [2.45, 2.75) is 25.8 Å². The van der Waals surface area contributed by atoms with Gasteiger partial charge in [-0.05, 0) is 49.6 Å². The maximum absolute atomic E-state index is 12.7. The molecule has 1 fully saturated rings. The van der Waals surface area contributed by atoms with Crippen LogP contribution in [-0.4, -0.2) is 48.9 Å². The fraction of sp³-hybridized carbons (Fsp3) is 0.391. The molecule has 1 atom stereocenters. The summed E-state index contributed by atoms with van der Waals surface area (Å²) in [7, 11) is 3.50. The zero-order valence-electron chi connectivity index (χ0n) is 17.3. The Hall–Kier alpha value is -3.02. The minimum atomic E-state index is -0.0882. The number of piperidine rings is 1. The number of amides is 3. The van der Waals surface area contributed by atoms with E-state index in [0.29, 0.717) is 25.9 Å². The third-order valence-electron chi connectivity index (χ3n) is 5.24. The minimum absolute atomic E-state index is 0.00929. The average Bonchev–Trinajstić information content (AvgIpc) is 2.74. The molecule has 1 aliphatic rings. The van der Waals surface area contributed by atoms with Crippen molar-refractivity contribution in [2.24, 2.45) is 5.92 Å². The maximum atomic E-state index is 12.7. The van der Waals surface area contributed by atoms with E-state index < -0.39 is 0 Å². The number of nitrogens with zero attached hydrogens (tertiary/aromatic N) is 2. The average molecular weight is 396 g/mol. The van der Waals surface area contributed by atoms with Gasteiger partial charge in [-0.1, -0.05) is 30.3 Å². The van der Waals surface area contributed by atoms with Crippen LogP contribution >= 0.6 is 0 Å². The monoisotopic (exact) mass is 395 g/mol. The van der Waals surface area contributed by atoms with Gasteiger partial charge < -0.3 is 19.9 Å². The largest absolute Gasteiger partial charge is 0.457 e. The molecule has 1 heterocycles. The second-order valence-corrected chi connectivity index (χ2v) is 7.65. The number of hydrogen-bond donors (Lipinski definition) is 1. The van der Waals surface area contributed by atoms with E-state index in [9.17, 15) is 9.59 Å². The fourth-order valence-corrected chi connectivity index (χ4v) is 3.48. The lowest BCUT2D eigenvalue weighted by Gasteiger charge is -2.33. The molecule has 1 aliphatic heterocycles. The highest BCUT2D eigenvalue weighted by molar-refractivity contribution is 5.80. The van der Waals surface area contributed by atoms with Gasteiger partial charge in [0.2, 0.25) is 5.91 Å². The lowest BCUT2D eigenvalue weighted by molar-refractivity contribution is -0.126. The van der Waals surface area contributed by atoms with Crippen LogP contribution in [0.4, 0.5) is 4.79 Å². The third-order valence-corrected chi connectivity index (χ3v) is 5.24. The van der Waals surface area contributed by atoms with Crippen LogP contribution in [0.1, 0.15) is 31.4 Å². The predicted octanol–water partition coefficient (Wildman–Crippen LogP) is 4.05. The third kappa shape index (κ3) is 5.50. The molecule has 29 heavy (non-hydrogen) atoms. The van der Waals surface area contributed by atoms with Gasteiger partial charge in [-0.25, -0.2) is 4.79 Å². The van der Waals surface area contributed by atoms with Gasteiger partial charge >= 0.3 is 6.03 Å².